The number of hydrogen-bond donors (Lipinski definition) is 2. The zero-order valence-electron chi connectivity index (χ0n) is 15.1. The summed E-state index contributed by atoms with van der Waals surface area (Å²) in [4.78, 5) is 23.4. The first-order chi connectivity index (χ1) is 14.0. The van der Waals surface area contributed by atoms with Gasteiger partial charge in [-0.2, -0.15) is 5.26 Å². The molecule has 0 atom stereocenters. The number of nitro benzene ring substituents is 1. The average Bonchev–Trinajstić information content (AvgIpc) is 2.73. The highest BCUT2D eigenvalue weighted by Gasteiger charge is 2.18. The van der Waals surface area contributed by atoms with Crippen molar-refractivity contribution in [3.63, 3.8) is 0 Å². The van der Waals surface area contributed by atoms with Gasteiger partial charge in [0.2, 0.25) is 0 Å². The Hall–Kier alpha value is -3.89. The number of hydrogen-bond acceptors (Lipinski definition) is 5. The number of amides is 1. The van der Waals surface area contributed by atoms with Gasteiger partial charge in [0.15, 0.2) is 0 Å². The lowest BCUT2D eigenvalue weighted by atomic mass is 10.1. The topological polar surface area (TPSA) is 108 Å². The van der Waals surface area contributed by atoms with Gasteiger partial charge in [0.25, 0.3) is 11.6 Å². The maximum absolute atomic E-state index is 12.5. The molecule has 0 unspecified atom stereocenters. The van der Waals surface area contributed by atoms with Gasteiger partial charge >= 0.3 is 0 Å². The number of carbonyl (C=O) groups is 1. The second-order valence-electron chi connectivity index (χ2n) is 6.12. The zero-order chi connectivity index (χ0) is 20.8. The number of halogens is 1. The van der Waals surface area contributed by atoms with E-state index >= 15 is 0 Å². The minimum atomic E-state index is -0.544. The van der Waals surface area contributed by atoms with E-state index in [1.54, 1.807) is 30.3 Å². The van der Waals surface area contributed by atoms with E-state index in [2.05, 4.69) is 10.6 Å². The van der Waals surface area contributed by atoms with E-state index in [1.165, 1.54) is 24.3 Å². The highest BCUT2D eigenvalue weighted by atomic mass is 35.5. The predicted octanol–water partition coefficient (Wildman–Crippen LogP) is 4.98. The normalized spacial score (nSPS) is 10.1. The molecule has 0 aliphatic heterocycles. The van der Waals surface area contributed by atoms with E-state index in [1.807, 2.05) is 18.2 Å². The van der Waals surface area contributed by atoms with Crippen LogP contribution in [-0.4, -0.2) is 10.8 Å². The van der Waals surface area contributed by atoms with Crippen LogP contribution in [0.5, 0.6) is 0 Å². The van der Waals surface area contributed by atoms with E-state index in [0.717, 1.165) is 5.56 Å². The quantitative estimate of drug-likeness (QED) is 0.443. The number of nitrogens with zero attached hydrogens (tertiary/aromatic N) is 2. The third-order valence-corrected chi connectivity index (χ3v) is 4.35. The number of benzene rings is 3. The fourth-order valence-corrected chi connectivity index (χ4v) is 2.77. The smallest absolute Gasteiger partial charge is 0.293 e. The summed E-state index contributed by atoms with van der Waals surface area (Å²) in [5.74, 6) is -0.507. The number of anilines is 2. The molecule has 0 bridgehead atoms. The Morgan fingerprint density at radius 1 is 1.10 bits per heavy atom. The zero-order valence-corrected chi connectivity index (χ0v) is 15.8. The van der Waals surface area contributed by atoms with E-state index in [4.69, 9.17) is 16.9 Å². The highest BCUT2D eigenvalue weighted by molar-refractivity contribution is 6.30. The minimum absolute atomic E-state index is 0.135. The fourth-order valence-electron chi connectivity index (χ4n) is 2.64. The lowest BCUT2D eigenvalue weighted by Crippen LogP contribution is -2.13. The van der Waals surface area contributed by atoms with Gasteiger partial charge in [0.1, 0.15) is 5.69 Å². The summed E-state index contributed by atoms with van der Waals surface area (Å²) < 4.78 is 0. The van der Waals surface area contributed by atoms with E-state index in [-0.39, 0.29) is 11.3 Å². The van der Waals surface area contributed by atoms with Crippen LogP contribution in [0.1, 0.15) is 21.5 Å². The largest absolute Gasteiger partial charge is 0.375 e. The van der Waals surface area contributed by atoms with Crippen LogP contribution in [0.15, 0.2) is 66.7 Å². The standard InChI is InChI=1S/C21H15ClN4O3/c22-17-7-4-14(5-8-17)13-24-19-9-6-16(11-20(19)26(28)29)21(27)25-18-3-1-2-15(10-18)12-23/h1-11,24H,13H2,(H,25,27). The molecule has 0 saturated carbocycles. The van der Waals surface area contributed by atoms with E-state index in [0.29, 0.717) is 28.5 Å². The molecule has 0 heterocycles. The summed E-state index contributed by atoms with van der Waals surface area (Å²) >= 11 is 5.85. The van der Waals surface area contributed by atoms with Gasteiger partial charge < -0.3 is 10.6 Å². The fraction of sp³-hybridized carbons (Fsp3) is 0.0476. The van der Waals surface area contributed by atoms with Gasteiger partial charge in [-0.05, 0) is 48.0 Å². The van der Waals surface area contributed by atoms with E-state index < -0.39 is 10.8 Å². The van der Waals surface area contributed by atoms with Crippen LogP contribution in [0.4, 0.5) is 17.1 Å². The first-order valence-corrected chi connectivity index (χ1v) is 8.92. The monoisotopic (exact) mass is 406 g/mol. The molecule has 3 aromatic carbocycles. The van der Waals surface area contributed by atoms with Crippen molar-refractivity contribution >= 4 is 34.6 Å². The Labute approximate surface area is 171 Å². The highest BCUT2D eigenvalue weighted by Crippen LogP contribution is 2.27. The van der Waals surface area contributed by atoms with Crippen molar-refractivity contribution in [3.05, 3.63) is 98.6 Å². The lowest BCUT2D eigenvalue weighted by Gasteiger charge is -2.10. The van der Waals surface area contributed by atoms with Crippen molar-refractivity contribution in [2.24, 2.45) is 0 Å². The van der Waals surface area contributed by atoms with Crippen LogP contribution >= 0.6 is 11.6 Å². The van der Waals surface area contributed by atoms with Gasteiger partial charge in [-0.25, -0.2) is 0 Å². The number of rotatable bonds is 6. The summed E-state index contributed by atoms with van der Waals surface area (Å²) in [6.07, 6.45) is 0. The predicted molar refractivity (Wildman–Crippen MR) is 111 cm³/mol. The van der Waals surface area contributed by atoms with Crippen molar-refractivity contribution in [1.82, 2.24) is 0 Å². The molecule has 2 N–H and O–H groups in total. The lowest BCUT2D eigenvalue weighted by molar-refractivity contribution is -0.384. The van der Waals surface area contributed by atoms with Crippen LogP contribution in [0.3, 0.4) is 0 Å². The van der Waals surface area contributed by atoms with Gasteiger partial charge in [-0.3, -0.25) is 14.9 Å². The van der Waals surface area contributed by atoms with Gasteiger partial charge in [0, 0.05) is 28.9 Å². The molecule has 3 aromatic rings. The number of nitriles is 1. The summed E-state index contributed by atoms with van der Waals surface area (Å²) in [5.41, 5.74) is 1.96. The van der Waals surface area contributed by atoms with Crippen molar-refractivity contribution in [2.45, 2.75) is 6.54 Å². The molecule has 3 rings (SSSR count). The molecular weight excluding hydrogens is 392 g/mol. The third-order valence-electron chi connectivity index (χ3n) is 4.10. The number of carbonyl (C=O) groups excluding carboxylic acids is 1. The van der Waals surface area contributed by atoms with Crippen molar-refractivity contribution in [1.29, 1.82) is 5.26 Å². The maximum atomic E-state index is 12.5. The molecule has 0 spiro atoms. The molecule has 8 heteroatoms. The van der Waals surface area contributed by atoms with E-state index in [9.17, 15) is 14.9 Å². The third kappa shape index (κ3) is 5.09. The Morgan fingerprint density at radius 2 is 1.86 bits per heavy atom. The van der Waals surface area contributed by atoms with Crippen LogP contribution in [0.2, 0.25) is 5.02 Å². The summed E-state index contributed by atoms with van der Waals surface area (Å²) in [5, 5.41) is 26.7. The maximum Gasteiger partial charge on any atom is 0.293 e. The van der Waals surface area contributed by atoms with Crippen LogP contribution < -0.4 is 10.6 Å². The molecule has 0 aliphatic carbocycles. The average molecular weight is 407 g/mol. The second-order valence-corrected chi connectivity index (χ2v) is 6.55. The Bertz CT molecular complexity index is 1110. The Kier molecular flexibility index (Phi) is 6.07. The van der Waals surface area contributed by atoms with Crippen LogP contribution in [0, 0.1) is 21.4 Å². The van der Waals surface area contributed by atoms with Crippen LogP contribution in [0.25, 0.3) is 0 Å². The SMILES string of the molecule is N#Cc1cccc(NC(=O)c2ccc(NCc3ccc(Cl)cc3)c([N+](=O)[O-])c2)c1. The molecule has 1 amide bonds. The summed E-state index contributed by atoms with van der Waals surface area (Å²) in [6, 6.07) is 19.7. The molecule has 0 radical (unpaired) electrons. The van der Waals surface area contributed by atoms with Crippen LogP contribution in [-0.2, 0) is 6.54 Å². The molecule has 0 saturated heterocycles. The number of nitro groups is 1. The van der Waals surface area contributed by atoms with Crippen molar-refractivity contribution in [3.8, 4) is 6.07 Å². The molecule has 7 nitrogen and oxygen atoms in total. The summed E-state index contributed by atoms with van der Waals surface area (Å²) in [7, 11) is 0. The molecule has 0 aromatic heterocycles. The minimum Gasteiger partial charge on any atom is -0.375 e. The summed E-state index contributed by atoms with van der Waals surface area (Å²) in [6.45, 7) is 0.366. The molecule has 0 fully saturated rings. The second kappa shape index (κ2) is 8.87. The van der Waals surface area contributed by atoms with Crippen molar-refractivity contribution < 1.29 is 9.72 Å². The molecule has 144 valence electrons. The first-order valence-electron chi connectivity index (χ1n) is 8.54. The molecule has 0 aliphatic rings. The Balaban J connectivity index is 1.77. The Morgan fingerprint density at radius 3 is 2.55 bits per heavy atom. The van der Waals surface area contributed by atoms with Gasteiger partial charge in [-0.1, -0.05) is 29.8 Å². The number of nitrogens with one attached hydrogen (secondary N) is 2. The van der Waals surface area contributed by atoms with Gasteiger partial charge in [-0.15, -0.1) is 0 Å². The van der Waals surface area contributed by atoms with Gasteiger partial charge in [0.05, 0.1) is 16.6 Å². The molecular formula is C21H15ClN4O3. The van der Waals surface area contributed by atoms with Crippen molar-refractivity contribution in [2.75, 3.05) is 10.6 Å². The molecule has 29 heavy (non-hydrogen) atoms. The first kappa shape index (κ1) is 19.9.